The highest BCUT2D eigenvalue weighted by Crippen LogP contribution is 2.29. The lowest BCUT2D eigenvalue weighted by Gasteiger charge is -2.38. The summed E-state index contributed by atoms with van der Waals surface area (Å²) in [4.78, 5) is 38.5. The quantitative estimate of drug-likeness (QED) is 0.601. The van der Waals surface area contributed by atoms with E-state index in [4.69, 9.17) is 16.3 Å². The minimum atomic E-state index is -0.593. The van der Waals surface area contributed by atoms with Gasteiger partial charge in [-0.05, 0) is 30.9 Å². The molecule has 28 heavy (non-hydrogen) atoms. The second-order valence-corrected chi connectivity index (χ2v) is 7.77. The Labute approximate surface area is 167 Å². The molecule has 152 valence electrons. The van der Waals surface area contributed by atoms with Crippen molar-refractivity contribution in [1.82, 2.24) is 9.80 Å². The number of hydrogen-bond acceptors (Lipinski definition) is 5. The highest BCUT2D eigenvalue weighted by molar-refractivity contribution is 6.32. The van der Waals surface area contributed by atoms with Gasteiger partial charge in [0.25, 0.3) is 5.69 Å². The van der Waals surface area contributed by atoms with Crippen molar-refractivity contribution in [2.24, 2.45) is 5.92 Å². The lowest BCUT2D eigenvalue weighted by atomic mass is 9.98. The standard InChI is InChI=1S/C18H23ClN4O5/c1-11(2)16-10-28-18(25)22(16)13-5-7-21(8-6-13)17(24)20-12-3-4-14(19)15(9-12)23(26)27/h3-4,9,11,13,16H,5-8,10H2,1-2H3,(H,20,24). The first-order valence-corrected chi connectivity index (χ1v) is 9.60. The van der Waals surface area contributed by atoms with Crippen molar-refractivity contribution in [3.8, 4) is 0 Å². The molecule has 2 heterocycles. The first-order valence-electron chi connectivity index (χ1n) is 9.23. The Kier molecular flexibility index (Phi) is 5.93. The normalized spacial score (nSPS) is 20.4. The number of nitro groups is 1. The fourth-order valence-electron chi connectivity index (χ4n) is 3.66. The lowest BCUT2D eigenvalue weighted by molar-refractivity contribution is -0.384. The number of anilines is 1. The van der Waals surface area contributed by atoms with E-state index in [2.05, 4.69) is 19.2 Å². The zero-order valence-corrected chi connectivity index (χ0v) is 16.5. The van der Waals surface area contributed by atoms with Gasteiger partial charge in [-0.15, -0.1) is 0 Å². The molecule has 0 aromatic heterocycles. The van der Waals surface area contributed by atoms with Crippen molar-refractivity contribution >= 4 is 35.1 Å². The number of amides is 3. The van der Waals surface area contributed by atoms with E-state index in [1.54, 1.807) is 4.90 Å². The third kappa shape index (κ3) is 4.14. The molecule has 2 aliphatic heterocycles. The van der Waals surface area contributed by atoms with Gasteiger partial charge in [-0.3, -0.25) is 15.0 Å². The fourth-order valence-corrected chi connectivity index (χ4v) is 3.85. The molecule has 0 radical (unpaired) electrons. The van der Waals surface area contributed by atoms with Gasteiger partial charge in [-0.1, -0.05) is 25.4 Å². The number of carbonyl (C=O) groups is 2. The number of urea groups is 1. The number of cyclic esters (lactones) is 1. The van der Waals surface area contributed by atoms with Crippen LogP contribution in [0.25, 0.3) is 0 Å². The Bertz CT molecular complexity index is 779. The SMILES string of the molecule is CC(C)C1COC(=O)N1C1CCN(C(=O)Nc2ccc(Cl)c([N+](=O)[O-])c2)CC1. The minimum Gasteiger partial charge on any atom is -0.447 e. The van der Waals surface area contributed by atoms with E-state index in [0.717, 1.165) is 0 Å². The van der Waals surface area contributed by atoms with E-state index < -0.39 is 4.92 Å². The molecule has 10 heteroatoms. The third-order valence-corrected chi connectivity index (χ3v) is 5.57. The van der Waals surface area contributed by atoms with Crippen LogP contribution in [-0.4, -0.2) is 58.6 Å². The van der Waals surface area contributed by atoms with Crippen LogP contribution in [0.2, 0.25) is 5.02 Å². The number of likely N-dealkylation sites (tertiary alicyclic amines) is 1. The van der Waals surface area contributed by atoms with Crippen molar-refractivity contribution in [3.05, 3.63) is 33.3 Å². The number of ether oxygens (including phenoxy) is 1. The maximum absolute atomic E-state index is 12.5. The van der Waals surface area contributed by atoms with Gasteiger partial charge in [0.05, 0.1) is 11.0 Å². The van der Waals surface area contributed by atoms with Crippen molar-refractivity contribution in [2.75, 3.05) is 25.0 Å². The van der Waals surface area contributed by atoms with Crippen LogP contribution in [0.15, 0.2) is 18.2 Å². The average molecular weight is 411 g/mol. The molecule has 3 amide bonds. The number of piperidine rings is 1. The predicted molar refractivity (Wildman–Crippen MR) is 104 cm³/mol. The topological polar surface area (TPSA) is 105 Å². The Balaban J connectivity index is 1.59. The van der Waals surface area contributed by atoms with Gasteiger partial charge in [0.2, 0.25) is 0 Å². The van der Waals surface area contributed by atoms with Crippen LogP contribution in [0, 0.1) is 16.0 Å². The Hall–Kier alpha value is -2.55. The summed E-state index contributed by atoms with van der Waals surface area (Å²) in [5.41, 5.74) is 0.0525. The Morgan fingerprint density at radius 1 is 1.36 bits per heavy atom. The van der Waals surface area contributed by atoms with E-state index >= 15 is 0 Å². The Morgan fingerprint density at radius 2 is 2.04 bits per heavy atom. The number of hydrogen-bond donors (Lipinski definition) is 1. The minimum absolute atomic E-state index is 0.0148. The van der Waals surface area contributed by atoms with E-state index in [1.165, 1.54) is 18.2 Å². The molecule has 0 bridgehead atoms. The maximum atomic E-state index is 12.5. The molecule has 0 aliphatic carbocycles. The molecule has 0 spiro atoms. The van der Waals surface area contributed by atoms with Gasteiger partial charge in [-0.25, -0.2) is 9.59 Å². The first kappa shape index (κ1) is 20.2. The monoisotopic (exact) mass is 410 g/mol. The summed E-state index contributed by atoms with van der Waals surface area (Å²) in [6.07, 6.45) is 1.04. The maximum Gasteiger partial charge on any atom is 0.410 e. The molecule has 1 atom stereocenters. The van der Waals surface area contributed by atoms with Crippen molar-refractivity contribution < 1.29 is 19.2 Å². The summed E-state index contributed by atoms with van der Waals surface area (Å²) < 4.78 is 5.21. The molecule has 2 fully saturated rings. The van der Waals surface area contributed by atoms with Gasteiger partial charge in [-0.2, -0.15) is 0 Å². The Morgan fingerprint density at radius 3 is 2.64 bits per heavy atom. The fraction of sp³-hybridized carbons (Fsp3) is 0.556. The molecule has 2 saturated heterocycles. The highest BCUT2D eigenvalue weighted by Gasteiger charge is 2.41. The molecule has 1 aromatic carbocycles. The highest BCUT2D eigenvalue weighted by atomic mass is 35.5. The molecule has 9 nitrogen and oxygen atoms in total. The van der Waals surface area contributed by atoms with Crippen LogP contribution >= 0.6 is 11.6 Å². The molecular formula is C18H23ClN4O5. The van der Waals surface area contributed by atoms with E-state index in [9.17, 15) is 19.7 Å². The third-order valence-electron chi connectivity index (χ3n) is 5.25. The summed E-state index contributed by atoms with van der Waals surface area (Å²) >= 11 is 5.79. The number of rotatable bonds is 4. The van der Waals surface area contributed by atoms with Crippen LogP contribution in [0.4, 0.5) is 21.0 Å². The van der Waals surface area contributed by atoms with Crippen LogP contribution < -0.4 is 5.32 Å². The van der Waals surface area contributed by atoms with Crippen LogP contribution in [-0.2, 0) is 4.74 Å². The van der Waals surface area contributed by atoms with Crippen molar-refractivity contribution in [3.63, 3.8) is 0 Å². The van der Waals surface area contributed by atoms with Gasteiger partial charge in [0, 0.05) is 30.9 Å². The lowest BCUT2D eigenvalue weighted by Crippen LogP contribution is -2.51. The van der Waals surface area contributed by atoms with Crippen LogP contribution in [0.5, 0.6) is 0 Å². The van der Waals surface area contributed by atoms with E-state index in [-0.39, 0.29) is 34.9 Å². The largest absolute Gasteiger partial charge is 0.447 e. The molecule has 2 aliphatic rings. The number of nitro benzene ring substituents is 1. The zero-order valence-electron chi connectivity index (χ0n) is 15.8. The van der Waals surface area contributed by atoms with Crippen molar-refractivity contribution in [1.29, 1.82) is 0 Å². The summed E-state index contributed by atoms with van der Waals surface area (Å²) in [6, 6.07) is 3.91. The predicted octanol–water partition coefficient (Wildman–Crippen LogP) is 3.72. The smallest absolute Gasteiger partial charge is 0.410 e. The van der Waals surface area contributed by atoms with Gasteiger partial charge in [0.1, 0.15) is 11.6 Å². The van der Waals surface area contributed by atoms with Gasteiger partial charge in [0.15, 0.2) is 0 Å². The summed E-state index contributed by atoms with van der Waals surface area (Å²) in [7, 11) is 0. The molecule has 1 N–H and O–H groups in total. The number of nitrogens with zero attached hydrogens (tertiary/aromatic N) is 3. The summed E-state index contributed by atoms with van der Waals surface area (Å²) in [5.74, 6) is 0.300. The second-order valence-electron chi connectivity index (χ2n) is 7.37. The molecule has 0 saturated carbocycles. The summed E-state index contributed by atoms with van der Waals surface area (Å²) in [6.45, 7) is 5.51. The molecule has 1 unspecified atom stereocenters. The van der Waals surface area contributed by atoms with Crippen LogP contribution in [0.3, 0.4) is 0 Å². The van der Waals surface area contributed by atoms with E-state index in [1.807, 2.05) is 4.90 Å². The second kappa shape index (κ2) is 8.22. The molecule has 1 aromatic rings. The van der Waals surface area contributed by atoms with E-state index in [0.29, 0.717) is 44.1 Å². The molecular weight excluding hydrogens is 388 g/mol. The number of carbonyl (C=O) groups excluding carboxylic acids is 2. The number of nitrogens with one attached hydrogen (secondary N) is 1. The zero-order chi connectivity index (χ0) is 20.4. The number of benzene rings is 1. The van der Waals surface area contributed by atoms with Gasteiger partial charge >= 0.3 is 12.1 Å². The molecule has 3 rings (SSSR count). The van der Waals surface area contributed by atoms with Crippen molar-refractivity contribution in [2.45, 2.75) is 38.8 Å². The average Bonchev–Trinajstić information content (AvgIpc) is 3.05. The first-order chi connectivity index (χ1) is 13.3. The van der Waals surface area contributed by atoms with Gasteiger partial charge < -0.3 is 15.0 Å². The number of halogens is 1. The van der Waals surface area contributed by atoms with Crippen LogP contribution in [0.1, 0.15) is 26.7 Å². The summed E-state index contributed by atoms with van der Waals surface area (Å²) in [5, 5.41) is 13.7.